The lowest BCUT2D eigenvalue weighted by atomic mass is 9.82. The van der Waals surface area contributed by atoms with Crippen molar-refractivity contribution in [2.75, 3.05) is 6.61 Å². The summed E-state index contributed by atoms with van der Waals surface area (Å²) < 4.78 is 30.4. The normalized spacial score (nSPS) is 28.3. The maximum Gasteiger partial charge on any atom is 0.407 e. The van der Waals surface area contributed by atoms with Crippen LogP contribution in [-0.4, -0.2) is 52.5 Å². The molecule has 0 spiro atoms. The van der Waals surface area contributed by atoms with Crippen molar-refractivity contribution in [2.45, 2.75) is 65.1 Å². The molecule has 0 bridgehead atoms. The number of halogens is 1. The number of aromatic nitrogens is 1. The summed E-state index contributed by atoms with van der Waals surface area (Å²) in [6.07, 6.45) is 5.74. The Hall–Kier alpha value is -3.43. The molecular formula is C25H30FN3O6. The number of pyridine rings is 1. The van der Waals surface area contributed by atoms with Crippen molar-refractivity contribution < 1.29 is 33.0 Å². The summed E-state index contributed by atoms with van der Waals surface area (Å²) in [7, 11) is 0. The predicted molar refractivity (Wildman–Crippen MR) is 122 cm³/mol. The van der Waals surface area contributed by atoms with Crippen LogP contribution in [0.25, 0.3) is 0 Å². The standard InChI is InChI=1S/C25H30FN3O6/c1-5-25(26)34-19-12-17(10-14(3)21(19)35-25)15(4)28-24(32)29-20(23(31)33-6-2)18(22(29)30)11-16-8-7-9-27-13-16/h7-9,12-15,18,20H,5-6,10-11H2,1-4H3,(H,28,32)/t14?,15-,18-,20+,25?/m1/s1. The van der Waals surface area contributed by atoms with E-state index >= 15 is 0 Å². The molecule has 1 aromatic rings. The molecule has 10 heteroatoms. The third-order valence-electron chi connectivity index (χ3n) is 6.53. The number of hydrogen-bond acceptors (Lipinski definition) is 7. The molecule has 1 aliphatic carbocycles. The highest BCUT2D eigenvalue weighted by molar-refractivity contribution is 6.08. The van der Waals surface area contributed by atoms with Crippen LogP contribution in [0.4, 0.5) is 9.18 Å². The molecule has 0 saturated carbocycles. The maximum atomic E-state index is 14.6. The molecule has 4 rings (SSSR count). The number of rotatable bonds is 7. The first-order chi connectivity index (χ1) is 16.7. The number of nitrogens with one attached hydrogen (secondary N) is 1. The fourth-order valence-electron chi connectivity index (χ4n) is 4.61. The SMILES string of the molecule is CCOC(=O)[C@@H]1[C@@H](Cc2cccnc2)C(=O)N1C(=O)N[C@H](C)C1=CC2=C(OC(F)(CC)O2)C(C)C1. The van der Waals surface area contributed by atoms with Crippen LogP contribution in [0.1, 0.15) is 46.1 Å². The number of imide groups is 1. The van der Waals surface area contributed by atoms with E-state index in [0.29, 0.717) is 17.9 Å². The van der Waals surface area contributed by atoms with Gasteiger partial charge in [0.25, 0.3) is 0 Å². The van der Waals surface area contributed by atoms with Crippen LogP contribution in [0.2, 0.25) is 0 Å². The lowest BCUT2D eigenvalue weighted by molar-refractivity contribution is -0.251. The number of allylic oxidation sites excluding steroid dienone is 2. The molecule has 1 aromatic heterocycles. The molecule has 2 aliphatic heterocycles. The Morgan fingerprint density at radius 2 is 2.14 bits per heavy atom. The molecule has 3 heterocycles. The van der Waals surface area contributed by atoms with Crippen LogP contribution in [0.5, 0.6) is 0 Å². The first-order valence-electron chi connectivity index (χ1n) is 11.9. The summed E-state index contributed by atoms with van der Waals surface area (Å²) in [4.78, 5) is 43.6. The Bertz CT molecular complexity index is 1070. The summed E-state index contributed by atoms with van der Waals surface area (Å²) in [5.41, 5.74) is 1.58. The Morgan fingerprint density at radius 3 is 2.80 bits per heavy atom. The van der Waals surface area contributed by atoms with Gasteiger partial charge >= 0.3 is 18.0 Å². The van der Waals surface area contributed by atoms with E-state index in [1.807, 2.05) is 13.0 Å². The fraction of sp³-hybridized carbons (Fsp3) is 0.520. The molecule has 0 aromatic carbocycles. The molecule has 9 nitrogen and oxygen atoms in total. The minimum atomic E-state index is -2.18. The van der Waals surface area contributed by atoms with Gasteiger partial charge in [0.2, 0.25) is 5.91 Å². The van der Waals surface area contributed by atoms with Gasteiger partial charge in [0.15, 0.2) is 11.8 Å². The molecule has 1 fully saturated rings. The topological polar surface area (TPSA) is 107 Å². The first kappa shape index (κ1) is 24.7. The average molecular weight is 488 g/mol. The summed E-state index contributed by atoms with van der Waals surface area (Å²) >= 11 is 0. The van der Waals surface area contributed by atoms with Crippen LogP contribution in [0.15, 0.2) is 47.7 Å². The Kier molecular flexibility index (Phi) is 6.82. The zero-order valence-corrected chi connectivity index (χ0v) is 20.2. The van der Waals surface area contributed by atoms with Gasteiger partial charge in [-0.05, 0) is 50.0 Å². The largest absolute Gasteiger partial charge is 0.464 e. The molecular weight excluding hydrogens is 457 g/mol. The van der Waals surface area contributed by atoms with E-state index in [2.05, 4.69) is 10.3 Å². The van der Waals surface area contributed by atoms with Crippen molar-refractivity contribution in [3.8, 4) is 0 Å². The molecule has 35 heavy (non-hydrogen) atoms. The Morgan fingerprint density at radius 1 is 1.37 bits per heavy atom. The highest BCUT2D eigenvalue weighted by Gasteiger charge is 2.55. The zero-order valence-electron chi connectivity index (χ0n) is 20.2. The number of urea groups is 1. The molecule has 1 N–H and O–H groups in total. The van der Waals surface area contributed by atoms with Gasteiger partial charge in [0.1, 0.15) is 5.76 Å². The van der Waals surface area contributed by atoms with Gasteiger partial charge in [-0.25, -0.2) is 14.5 Å². The number of alkyl halides is 1. The van der Waals surface area contributed by atoms with E-state index in [1.54, 1.807) is 45.3 Å². The highest BCUT2D eigenvalue weighted by atomic mass is 19.2. The van der Waals surface area contributed by atoms with Crippen molar-refractivity contribution in [3.05, 3.63) is 53.3 Å². The van der Waals surface area contributed by atoms with Gasteiger partial charge in [-0.1, -0.05) is 19.9 Å². The van der Waals surface area contributed by atoms with Crippen LogP contribution in [0.3, 0.4) is 0 Å². The highest BCUT2D eigenvalue weighted by Crippen LogP contribution is 2.43. The minimum Gasteiger partial charge on any atom is -0.464 e. The van der Waals surface area contributed by atoms with Crippen LogP contribution < -0.4 is 5.32 Å². The second-order valence-corrected chi connectivity index (χ2v) is 9.02. The van der Waals surface area contributed by atoms with Crippen LogP contribution in [-0.2, 0) is 30.2 Å². The van der Waals surface area contributed by atoms with E-state index in [-0.39, 0.29) is 25.4 Å². The lowest BCUT2D eigenvalue weighted by Gasteiger charge is -2.44. The zero-order chi connectivity index (χ0) is 25.3. The van der Waals surface area contributed by atoms with Crippen molar-refractivity contribution in [1.82, 2.24) is 15.2 Å². The first-order valence-corrected chi connectivity index (χ1v) is 11.9. The van der Waals surface area contributed by atoms with Crippen molar-refractivity contribution >= 4 is 17.9 Å². The van der Waals surface area contributed by atoms with Gasteiger partial charge < -0.3 is 19.5 Å². The third-order valence-corrected chi connectivity index (χ3v) is 6.53. The van der Waals surface area contributed by atoms with Crippen LogP contribution >= 0.6 is 0 Å². The monoisotopic (exact) mass is 487 g/mol. The quantitative estimate of drug-likeness (QED) is 0.464. The van der Waals surface area contributed by atoms with Crippen LogP contribution in [0, 0.1) is 11.8 Å². The molecule has 188 valence electrons. The summed E-state index contributed by atoms with van der Waals surface area (Å²) in [6, 6.07) is -0.827. The maximum absolute atomic E-state index is 14.6. The van der Waals surface area contributed by atoms with Crippen molar-refractivity contribution in [2.24, 2.45) is 11.8 Å². The van der Waals surface area contributed by atoms with Gasteiger partial charge in [-0.2, -0.15) is 4.39 Å². The number of ether oxygens (including phenoxy) is 3. The van der Waals surface area contributed by atoms with Crippen molar-refractivity contribution in [3.63, 3.8) is 0 Å². The number of nitrogens with zero attached hydrogens (tertiary/aromatic N) is 2. The summed E-state index contributed by atoms with van der Waals surface area (Å²) in [5, 5.41) is 2.79. The fourth-order valence-corrected chi connectivity index (χ4v) is 4.61. The number of carbonyl (C=O) groups is 3. The third kappa shape index (κ3) is 4.74. The molecule has 3 aliphatic rings. The van der Waals surface area contributed by atoms with E-state index in [4.69, 9.17) is 14.2 Å². The second kappa shape index (κ2) is 9.67. The van der Waals surface area contributed by atoms with E-state index in [0.717, 1.165) is 16.0 Å². The van der Waals surface area contributed by atoms with E-state index in [1.165, 1.54) is 0 Å². The number of carbonyl (C=O) groups excluding carboxylic acids is 3. The summed E-state index contributed by atoms with van der Waals surface area (Å²) in [5.74, 6) is -1.17. The Labute approximate surface area is 203 Å². The smallest absolute Gasteiger partial charge is 0.407 e. The van der Waals surface area contributed by atoms with Gasteiger partial charge in [-0.15, -0.1) is 0 Å². The number of hydrogen-bond donors (Lipinski definition) is 1. The number of β-lactam (4-membered cyclic amide) rings is 1. The van der Waals surface area contributed by atoms with E-state index in [9.17, 15) is 18.8 Å². The summed E-state index contributed by atoms with van der Waals surface area (Å²) in [6.45, 7) is 7.08. The second-order valence-electron chi connectivity index (χ2n) is 9.02. The predicted octanol–water partition coefficient (Wildman–Crippen LogP) is 3.37. The Balaban J connectivity index is 1.47. The molecule has 2 unspecified atom stereocenters. The average Bonchev–Trinajstić information content (AvgIpc) is 3.19. The van der Waals surface area contributed by atoms with E-state index < -0.39 is 42.0 Å². The van der Waals surface area contributed by atoms with Crippen molar-refractivity contribution in [1.29, 1.82) is 0 Å². The molecule has 3 amide bonds. The molecule has 5 atom stereocenters. The van der Waals surface area contributed by atoms with Gasteiger partial charge in [-0.3, -0.25) is 9.78 Å². The lowest BCUT2D eigenvalue weighted by Crippen LogP contribution is -2.69. The number of esters is 1. The molecule has 1 saturated heterocycles. The van der Waals surface area contributed by atoms with Gasteiger partial charge in [0.05, 0.1) is 18.9 Å². The minimum absolute atomic E-state index is 0.0364. The number of likely N-dealkylation sites (tertiary alicyclic amines) is 1. The van der Waals surface area contributed by atoms with Gasteiger partial charge in [0, 0.05) is 24.4 Å². The number of amides is 3. The molecule has 0 radical (unpaired) electrons.